The Labute approximate surface area is 174 Å². The molecule has 1 aromatic heterocycles. The Kier molecular flexibility index (Phi) is 7.45. The Bertz CT molecular complexity index is 762. The molecule has 6 heteroatoms. The minimum absolute atomic E-state index is 0.336. The van der Waals surface area contributed by atoms with Crippen molar-refractivity contribution in [2.75, 3.05) is 6.54 Å². The van der Waals surface area contributed by atoms with Gasteiger partial charge in [-0.2, -0.15) is 0 Å². The van der Waals surface area contributed by atoms with Gasteiger partial charge in [0.2, 0.25) is 0 Å². The SMILES string of the molecule is CC(C)[Si](C(C)C)(C(C)C)n1cc(CCNC(=O)C(Cl)Cl)c2ccccc21. The molecule has 0 aliphatic rings. The molecule has 0 aliphatic heterocycles. The predicted octanol–water partition coefficient (Wildman–Crippen LogP) is 6.13. The zero-order chi connectivity index (χ0) is 20.4. The van der Waals surface area contributed by atoms with Crippen LogP contribution in [0.5, 0.6) is 0 Å². The first kappa shape index (κ1) is 22.3. The van der Waals surface area contributed by atoms with E-state index in [4.69, 9.17) is 23.2 Å². The molecule has 27 heavy (non-hydrogen) atoms. The number of para-hydroxylation sites is 1. The number of fused-ring (bicyclic) bond motifs is 1. The Morgan fingerprint density at radius 3 is 2.11 bits per heavy atom. The summed E-state index contributed by atoms with van der Waals surface area (Å²) in [6.07, 6.45) is 3.11. The first-order valence-electron chi connectivity index (χ1n) is 9.79. The molecule has 2 rings (SSSR count). The second kappa shape index (κ2) is 9.02. The number of halogens is 2. The van der Waals surface area contributed by atoms with Gasteiger partial charge in [0.25, 0.3) is 5.91 Å². The van der Waals surface area contributed by atoms with E-state index in [9.17, 15) is 4.79 Å². The number of carbonyl (C=O) groups is 1. The van der Waals surface area contributed by atoms with E-state index < -0.39 is 13.1 Å². The minimum atomic E-state index is -1.84. The average Bonchev–Trinajstić information content (AvgIpc) is 2.93. The molecule has 0 saturated carbocycles. The quantitative estimate of drug-likeness (QED) is 0.399. The lowest BCUT2D eigenvalue weighted by atomic mass is 10.1. The summed E-state index contributed by atoms with van der Waals surface area (Å²) in [5.74, 6) is -0.336. The fourth-order valence-electron chi connectivity index (χ4n) is 5.00. The summed E-state index contributed by atoms with van der Waals surface area (Å²) in [6, 6.07) is 8.64. The number of aromatic nitrogens is 1. The maximum Gasteiger partial charge on any atom is 0.253 e. The van der Waals surface area contributed by atoms with Gasteiger partial charge in [0.05, 0.1) is 0 Å². The molecule has 3 nitrogen and oxygen atoms in total. The number of nitrogens with one attached hydrogen (secondary N) is 1. The van der Waals surface area contributed by atoms with Gasteiger partial charge >= 0.3 is 0 Å². The van der Waals surface area contributed by atoms with E-state index in [1.54, 1.807) is 0 Å². The molecule has 1 amide bonds. The third-order valence-electron chi connectivity index (χ3n) is 5.88. The standard InChI is InChI=1S/C21H32Cl2N2OSi/c1-14(2)27(15(3)4,16(5)6)25-13-17(11-12-24-21(26)20(22)23)18-9-7-8-10-19(18)25/h7-10,13-16,20H,11-12H2,1-6H3,(H,24,26). The average molecular weight is 427 g/mol. The van der Waals surface area contributed by atoms with Crippen LogP contribution in [-0.2, 0) is 11.2 Å². The van der Waals surface area contributed by atoms with E-state index in [-0.39, 0.29) is 5.91 Å². The fraction of sp³-hybridized carbons (Fsp3) is 0.571. The monoisotopic (exact) mass is 426 g/mol. The summed E-state index contributed by atoms with van der Waals surface area (Å²) in [4.78, 5) is 10.6. The lowest BCUT2D eigenvalue weighted by Crippen LogP contribution is -2.51. The summed E-state index contributed by atoms with van der Waals surface area (Å²) in [5, 5.41) is 4.09. The van der Waals surface area contributed by atoms with Gasteiger partial charge in [0.15, 0.2) is 13.1 Å². The smallest absolute Gasteiger partial charge is 0.253 e. The molecule has 0 unspecified atom stereocenters. The largest absolute Gasteiger partial charge is 0.373 e. The molecular formula is C21H32Cl2N2OSi. The Hall–Kier alpha value is -0.973. The summed E-state index contributed by atoms with van der Waals surface area (Å²) in [5.41, 5.74) is 4.44. The predicted molar refractivity (Wildman–Crippen MR) is 121 cm³/mol. The van der Waals surface area contributed by atoms with Crippen LogP contribution in [0.4, 0.5) is 0 Å². The summed E-state index contributed by atoms with van der Waals surface area (Å²) in [7, 11) is -1.84. The van der Waals surface area contributed by atoms with Gasteiger partial charge in [-0.1, -0.05) is 82.9 Å². The van der Waals surface area contributed by atoms with Crippen molar-refractivity contribution in [3.63, 3.8) is 0 Å². The van der Waals surface area contributed by atoms with Crippen LogP contribution in [0.3, 0.4) is 0 Å². The second-order valence-electron chi connectivity index (χ2n) is 8.23. The van der Waals surface area contributed by atoms with Crippen LogP contribution in [0.15, 0.2) is 30.5 Å². The first-order chi connectivity index (χ1) is 12.6. The molecule has 0 spiro atoms. The van der Waals surface area contributed by atoms with Gasteiger partial charge in [0.1, 0.15) is 0 Å². The molecule has 150 valence electrons. The molecule has 1 heterocycles. The number of carbonyl (C=O) groups excluding carboxylic acids is 1. The third-order valence-corrected chi connectivity index (χ3v) is 13.0. The lowest BCUT2D eigenvalue weighted by Gasteiger charge is -2.44. The van der Waals surface area contributed by atoms with Crippen LogP contribution in [0.2, 0.25) is 16.6 Å². The van der Waals surface area contributed by atoms with Crippen molar-refractivity contribution in [3.05, 3.63) is 36.0 Å². The van der Waals surface area contributed by atoms with E-state index in [1.165, 1.54) is 16.5 Å². The number of benzene rings is 1. The number of alkyl halides is 2. The zero-order valence-electron chi connectivity index (χ0n) is 17.2. The maximum absolute atomic E-state index is 11.7. The van der Waals surface area contributed by atoms with Crippen molar-refractivity contribution in [2.45, 2.75) is 69.4 Å². The van der Waals surface area contributed by atoms with Crippen LogP contribution >= 0.6 is 23.2 Å². The molecule has 0 aliphatic carbocycles. The Morgan fingerprint density at radius 2 is 1.59 bits per heavy atom. The van der Waals surface area contributed by atoms with E-state index >= 15 is 0 Å². The highest BCUT2D eigenvalue weighted by atomic mass is 35.5. The Morgan fingerprint density at radius 1 is 1.04 bits per heavy atom. The van der Waals surface area contributed by atoms with Crippen molar-refractivity contribution >= 4 is 48.2 Å². The van der Waals surface area contributed by atoms with Gasteiger partial charge in [-0.05, 0) is 40.9 Å². The van der Waals surface area contributed by atoms with Gasteiger partial charge in [-0.3, -0.25) is 4.79 Å². The van der Waals surface area contributed by atoms with Crippen LogP contribution in [0.25, 0.3) is 10.9 Å². The molecule has 1 N–H and O–H groups in total. The van der Waals surface area contributed by atoms with Crippen LogP contribution in [0.1, 0.15) is 47.1 Å². The number of hydrogen-bond donors (Lipinski definition) is 1. The van der Waals surface area contributed by atoms with Gasteiger partial charge in [-0.15, -0.1) is 0 Å². The summed E-state index contributed by atoms with van der Waals surface area (Å²) < 4.78 is 2.63. The molecular weight excluding hydrogens is 395 g/mol. The first-order valence-corrected chi connectivity index (χ1v) is 12.8. The van der Waals surface area contributed by atoms with Gasteiger partial charge in [-0.25, -0.2) is 0 Å². The van der Waals surface area contributed by atoms with Gasteiger partial charge in [0, 0.05) is 17.4 Å². The van der Waals surface area contributed by atoms with Crippen molar-refractivity contribution < 1.29 is 4.79 Å². The number of nitrogens with zero attached hydrogens (tertiary/aromatic N) is 1. The third kappa shape index (κ3) is 4.23. The lowest BCUT2D eigenvalue weighted by molar-refractivity contribution is -0.119. The number of amides is 1. The molecule has 2 aromatic rings. The molecule has 0 atom stereocenters. The van der Waals surface area contributed by atoms with Gasteiger partial charge < -0.3 is 9.55 Å². The normalized spacial score (nSPS) is 12.7. The molecule has 0 radical (unpaired) electrons. The van der Waals surface area contributed by atoms with Crippen LogP contribution in [0, 0.1) is 0 Å². The highest BCUT2D eigenvalue weighted by Gasteiger charge is 2.45. The minimum Gasteiger partial charge on any atom is -0.373 e. The van der Waals surface area contributed by atoms with Crippen molar-refractivity contribution in [2.24, 2.45) is 0 Å². The number of rotatable bonds is 8. The molecule has 0 saturated heterocycles. The summed E-state index contributed by atoms with van der Waals surface area (Å²) >= 11 is 11.3. The molecule has 1 aromatic carbocycles. The van der Waals surface area contributed by atoms with Crippen LogP contribution < -0.4 is 5.32 Å². The van der Waals surface area contributed by atoms with E-state index in [1.807, 2.05) is 0 Å². The van der Waals surface area contributed by atoms with E-state index in [2.05, 4.69) is 81.6 Å². The van der Waals surface area contributed by atoms with E-state index in [0.717, 1.165) is 6.42 Å². The van der Waals surface area contributed by atoms with E-state index in [0.29, 0.717) is 23.2 Å². The topological polar surface area (TPSA) is 34.0 Å². The van der Waals surface area contributed by atoms with Crippen molar-refractivity contribution in [3.8, 4) is 0 Å². The fourth-order valence-corrected chi connectivity index (χ4v) is 11.8. The summed E-state index contributed by atoms with van der Waals surface area (Å²) in [6.45, 7) is 14.8. The van der Waals surface area contributed by atoms with Crippen molar-refractivity contribution in [1.82, 2.24) is 9.55 Å². The highest BCUT2D eigenvalue weighted by molar-refractivity contribution is 6.82. The van der Waals surface area contributed by atoms with Crippen LogP contribution in [-0.4, -0.2) is 29.8 Å². The highest BCUT2D eigenvalue weighted by Crippen LogP contribution is 2.44. The zero-order valence-corrected chi connectivity index (χ0v) is 19.7. The Balaban J connectivity index is 2.50. The maximum atomic E-state index is 11.7. The molecule has 0 fully saturated rings. The second-order valence-corrected chi connectivity index (χ2v) is 15.1. The number of hydrogen-bond acceptors (Lipinski definition) is 1. The van der Waals surface area contributed by atoms with Crippen molar-refractivity contribution in [1.29, 1.82) is 0 Å². The molecule has 0 bridgehead atoms.